The molecule has 0 amide bonds. The molecule has 2 aromatic carbocycles. The van der Waals surface area contributed by atoms with Gasteiger partial charge in [-0.2, -0.15) is 0 Å². The Kier molecular flexibility index (Phi) is 3.89. The third kappa shape index (κ3) is 3.06. The maximum absolute atomic E-state index is 13.2. The van der Waals surface area contributed by atoms with Crippen molar-refractivity contribution < 1.29 is 14.3 Å². The lowest BCUT2D eigenvalue weighted by Gasteiger charge is -2.17. The van der Waals surface area contributed by atoms with Crippen LogP contribution >= 0.6 is 0 Å². The van der Waals surface area contributed by atoms with Gasteiger partial charge in [0, 0.05) is 6.04 Å². The van der Waals surface area contributed by atoms with Crippen LogP contribution in [0.5, 0.6) is 0 Å². The molecular weight excluding hydrogens is 259 g/mol. The highest BCUT2D eigenvalue weighted by molar-refractivity contribution is 5.90. The van der Waals surface area contributed by atoms with Gasteiger partial charge in [-0.25, -0.2) is 9.18 Å². The normalized spacial score (nSPS) is 11.9. The van der Waals surface area contributed by atoms with Crippen LogP contribution in [0.2, 0.25) is 0 Å². The minimum absolute atomic E-state index is 0.146. The summed E-state index contributed by atoms with van der Waals surface area (Å²) in [7, 11) is 0. The zero-order chi connectivity index (χ0) is 14.7. The molecule has 4 nitrogen and oxygen atoms in total. The van der Waals surface area contributed by atoms with Crippen molar-refractivity contribution in [3.8, 4) is 0 Å². The third-order valence-corrected chi connectivity index (χ3v) is 3.02. The molecule has 0 saturated carbocycles. The Morgan fingerprint density at radius 3 is 2.70 bits per heavy atom. The van der Waals surface area contributed by atoms with E-state index in [2.05, 4.69) is 5.32 Å². The molecule has 0 saturated heterocycles. The molecule has 2 rings (SSSR count). The van der Waals surface area contributed by atoms with Crippen molar-refractivity contribution in [2.24, 2.45) is 0 Å². The Balaban J connectivity index is 2.25. The molecular formula is C15H15FN2O2. The summed E-state index contributed by atoms with van der Waals surface area (Å²) in [4.78, 5) is 10.9. The van der Waals surface area contributed by atoms with Gasteiger partial charge in [-0.05, 0) is 42.8 Å². The molecule has 20 heavy (non-hydrogen) atoms. The summed E-state index contributed by atoms with van der Waals surface area (Å²) in [6.45, 7) is 1.85. The first kappa shape index (κ1) is 13.9. The number of nitrogen functional groups attached to an aromatic ring is 1. The predicted octanol–water partition coefficient (Wildman–Crippen LogP) is 3.28. The number of hydrogen-bond donors (Lipinski definition) is 3. The first-order chi connectivity index (χ1) is 9.47. The summed E-state index contributed by atoms with van der Waals surface area (Å²) in [6.07, 6.45) is 0. The highest BCUT2D eigenvalue weighted by Crippen LogP contribution is 2.25. The van der Waals surface area contributed by atoms with Crippen LogP contribution in [0.3, 0.4) is 0 Å². The van der Waals surface area contributed by atoms with Crippen LogP contribution in [0.25, 0.3) is 0 Å². The fourth-order valence-electron chi connectivity index (χ4n) is 1.91. The molecule has 0 bridgehead atoms. The largest absolute Gasteiger partial charge is 0.478 e. The number of carboxylic acids is 1. The van der Waals surface area contributed by atoms with Crippen LogP contribution in [-0.4, -0.2) is 11.1 Å². The van der Waals surface area contributed by atoms with E-state index in [-0.39, 0.29) is 17.4 Å². The van der Waals surface area contributed by atoms with E-state index in [0.717, 1.165) is 5.56 Å². The highest BCUT2D eigenvalue weighted by Gasteiger charge is 2.11. The lowest BCUT2D eigenvalue weighted by Crippen LogP contribution is -2.09. The molecule has 0 spiro atoms. The van der Waals surface area contributed by atoms with Gasteiger partial charge in [0.05, 0.1) is 16.9 Å². The topological polar surface area (TPSA) is 75.3 Å². The van der Waals surface area contributed by atoms with Crippen molar-refractivity contribution in [3.05, 3.63) is 59.4 Å². The van der Waals surface area contributed by atoms with Gasteiger partial charge in [0.15, 0.2) is 0 Å². The second-order valence-electron chi connectivity index (χ2n) is 4.53. The van der Waals surface area contributed by atoms with E-state index < -0.39 is 5.97 Å². The Morgan fingerprint density at radius 1 is 1.30 bits per heavy atom. The van der Waals surface area contributed by atoms with Crippen molar-refractivity contribution in [2.75, 3.05) is 11.1 Å². The number of anilines is 2. The number of nitrogens with two attached hydrogens (primary N) is 1. The highest BCUT2D eigenvalue weighted by atomic mass is 19.1. The van der Waals surface area contributed by atoms with Gasteiger partial charge in [0.1, 0.15) is 5.82 Å². The van der Waals surface area contributed by atoms with E-state index in [1.54, 1.807) is 12.1 Å². The van der Waals surface area contributed by atoms with Gasteiger partial charge in [-0.3, -0.25) is 0 Å². The lowest BCUT2D eigenvalue weighted by molar-refractivity contribution is 0.0697. The van der Waals surface area contributed by atoms with E-state index in [4.69, 9.17) is 10.8 Å². The van der Waals surface area contributed by atoms with Gasteiger partial charge in [-0.15, -0.1) is 0 Å². The summed E-state index contributed by atoms with van der Waals surface area (Å²) in [6, 6.07) is 10.5. The van der Waals surface area contributed by atoms with Gasteiger partial charge < -0.3 is 16.2 Å². The van der Waals surface area contributed by atoms with Crippen molar-refractivity contribution in [2.45, 2.75) is 13.0 Å². The zero-order valence-electron chi connectivity index (χ0n) is 10.9. The number of carbonyl (C=O) groups is 1. The summed E-state index contributed by atoms with van der Waals surface area (Å²) in [5.41, 5.74) is 7.68. The predicted molar refractivity (Wildman–Crippen MR) is 76.3 cm³/mol. The van der Waals surface area contributed by atoms with Crippen LogP contribution in [0.1, 0.15) is 28.9 Å². The number of hydrogen-bond acceptors (Lipinski definition) is 3. The fraction of sp³-hybridized carbons (Fsp3) is 0.133. The summed E-state index contributed by atoms with van der Waals surface area (Å²) >= 11 is 0. The monoisotopic (exact) mass is 274 g/mol. The quantitative estimate of drug-likeness (QED) is 0.748. The first-order valence-corrected chi connectivity index (χ1v) is 6.12. The van der Waals surface area contributed by atoms with Gasteiger partial charge >= 0.3 is 5.97 Å². The number of aromatic carboxylic acids is 1. The van der Waals surface area contributed by atoms with Crippen molar-refractivity contribution in [1.29, 1.82) is 0 Å². The van der Waals surface area contributed by atoms with E-state index in [0.29, 0.717) is 11.4 Å². The van der Waals surface area contributed by atoms with E-state index in [1.807, 2.05) is 6.92 Å². The number of nitrogens with one attached hydrogen (secondary N) is 1. The second kappa shape index (κ2) is 5.61. The molecule has 0 aliphatic heterocycles. The maximum Gasteiger partial charge on any atom is 0.335 e. The number of carboxylic acid groups (broad SMARTS) is 1. The van der Waals surface area contributed by atoms with Crippen molar-refractivity contribution in [1.82, 2.24) is 0 Å². The first-order valence-electron chi connectivity index (χ1n) is 6.12. The van der Waals surface area contributed by atoms with Crippen molar-refractivity contribution in [3.63, 3.8) is 0 Å². The van der Waals surface area contributed by atoms with E-state index in [1.165, 1.54) is 30.3 Å². The molecule has 4 N–H and O–H groups in total. The Bertz CT molecular complexity index is 644. The number of benzene rings is 2. The molecule has 0 aliphatic rings. The SMILES string of the molecule is CC(Nc1cc(C(=O)O)ccc1N)c1cccc(F)c1. The summed E-state index contributed by atoms with van der Waals surface area (Å²) in [5, 5.41) is 12.1. The average Bonchev–Trinajstić information content (AvgIpc) is 2.41. The zero-order valence-corrected chi connectivity index (χ0v) is 10.9. The molecule has 1 atom stereocenters. The molecule has 0 heterocycles. The Morgan fingerprint density at radius 2 is 2.05 bits per heavy atom. The van der Waals surface area contributed by atoms with Crippen molar-refractivity contribution >= 4 is 17.3 Å². The molecule has 5 heteroatoms. The standard InChI is InChI=1S/C15H15FN2O2/c1-9(10-3-2-4-12(16)7-10)18-14-8-11(15(19)20)5-6-13(14)17/h2-9,18H,17H2,1H3,(H,19,20). The molecule has 0 fully saturated rings. The number of rotatable bonds is 4. The lowest BCUT2D eigenvalue weighted by atomic mass is 10.1. The van der Waals surface area contributed by atoms with Crippen LogP contribution < -0.4 is 11.1 Å². The van der Waals surface area contributed by atoms with Crippen LogP contribution in [0, 0.1) is 5.82 Å². The van der Waals surface area contributed by atoms with Crippen LogP contribution in [0.4, 0.5) is 15.8 Å². The third-order valence-electron chi connectivity index (χ3n) is 3.02. The molecule has 2 aromatic rings. The van der Waals surface area contributed by atoms with Gasteiger partial charge in [0.2, 0.25) is 0 Å². The molecule has 0 aliphatic carbocycles. The molecule has 1 unspecified atom stereocenters. The van der Waals surface area contributed by atoms with Crippen LogP contribution in [0.15, 0.2) is 42.5 Å². The molecule has 0 aromatic heterocycles. The fourth-order valence-corrected chi connectivity index (χ4v) is 1.91. The molecule has 104 valence electrons. The smallest absolute Gasteiger partial charge is 0.335 e. The maximum atomic E-state index is 13.2. The Hall–Kier alpha value is -2.56. The van der Waals surface area contributed by atoms with E-state index >= 15 is 0 Å². The summed E-state index contributed by atoms with van der Waals surface area (Å²) < 4.78 is 13.2. The van der Waals surface area contributed by atoms with Crippen LogP contribution in [-0.2, 0) is 0 Å². The van der Waals surface area contributed by atoms with Gasteiger partial charge in [-0.1, -0.05) is 12.1 Å². The summed E-state index contributed by atoms with van der Waals surface area (Å²) in [5.74, 6) is -1.34. The number of halogens is 1. The average molecular weight is 274 g/mol. The van der Waals surface area contributed by atoms with E-state index in [9.17, 15) is 9.18 Å². The second-order valence-corrected chi connectivity index (χ2v) is 4.53. The van der Waals surface area contributed by atoms with Gasteiger partial charge in [0.25, 0.3) is 0 Å². The molecule has 0 radical (unpaired) electrons. The Labute approximate surface area is 116 Å². The minimum atomic E-state index is -1.02. The minimum Gasteiger partial charge on any atom is -0.478 e.